The lowest BCUT2D eigenvalue weighted by molar-refractivity contribution is 0.415. The fourth-order valence-electron chi connectivity index (χ4n) is 2.19. The van der Waals surface area contributed by atoms with E-state index in [-0.39, 0.29) is 22.1 Å². The Hall–Kier alpha value is -3.00. The van der Waals surface area contributed by atoms with Crippen molar-refractivity contribution in [2.75, 3.05) is 12.4 Å². The number of anilines is 1. The van der Waals surface area contributed by atoms with Crippen molar-refractivity contribution in [2.45, 2.75) is 0 Å². The van der Waals surface area contributed by atoms with Gasteiger partial charge in [-0.1, -0.05) is 6.07 Å². The van der Waals surface area contributed by atoms with E-state index in [1.54, 1.807) is 37.4 Å². The molecular formula is C16H13FN4O2S. The van der Waals surface area contributed by atoms with Crippen molar-refractivity contribution in [2.24, 2.45) is 10.2 Å². The number of azo groups is 1. The van der Waals surface area contributed by atoms with Gasteiger partial charge in [0.2, 0.25) is 11.0 Å². The summed E-state index contributed by atoms with van der Waals surface area (Å²) in [7, 11) is 1.58. The van der Waals surface area contributed by atoms with Crippen LogP contribution in [0.15, 0.2) is 52.7 Å². The SMILES string of the molecule is COc1ccc(NC(=S)N=Nc2c(O)[nH]c3cccc(F)c23)cc1. The monoisotopic (exact) mass is 344 g/mol. The molecule has 1 aromatic heterocycles. The van der Waals surface area contributed by atoms with Crippen LogP contribution in [-0.2, 0) is 0 Å². The zero-order valence-corrected chi connectivity index (χ0v) is 13.4. The normalized spacial score (nSPS) is 11.1. The Morgan fingerprint density at radius 2 is 2.00 bits per heavy atom. The van der Waals surface area contributed by atoms with Gasteiger partial charge in [-0.15, -0.1) is 10.2 Å². The number of fused-ring (bicyclic) bond motifs is 1. The van der Waals surface area contributed by atoms with Gasteiger partial charge in [-0.2, -0.15) is 0 Å². The minimum Gasteiger partial charge on any atom is -0.497 e. The molecule has 3 rings (SSSR count). The molecule has 6 nitrogen and oxygen atoms in total. The van der Waals surface area contributed by atoms with Gasteiger partial charge < -0.3 is 20.1 Å². The van der Waals surface area contributed by atoms with Gasteiger partial charge in [0.25, 0.3) is 0 Å². The molecule has 0 aliphatic rings. The number of ether oxygens (including phenoxy) is 1. The Kier molecular flexibility index (Phi) is 4.39. The molecule has 3 N–H and O–H groups in total. The summed E-state index contributed by atoms with van der Waals surface area (Å²) >= 11 is 5.08. The molecule has 24 heavy (non-hydrogen) atoms. The van der Waals surface area contributed by atoms with E-state index in [0.717, 1.165) is 0 Å². The number of aromatic nitrogens is 1. The highest BCUT2D eigenvalue weighted by Crippen LogP contribution is 2.36. The molecule has 0 unspecified atom stereocenters. The lowest BCUT2D eigenvalue weighted by Gasteiger charge is -2.04. The highest BCUT2D eigenvalue weighted by Gasteiger charge is 2.14. The van der Waals surface area contributed by atoms with Crippen molar-refractivity contribution in [3.63, 3.8) is 0 Å². The molecular weight excluding hydrogens is 331 g/mol. The fourth-order valence-corrected chi connectivity index (χ4v) is 2.35. The van der Waals surface area contributed by atoms with E-state index >= 15 is 0 Å². The maximum absolute atomic E-state index is 13.9. The molecule has 0 saturated heterocycles. The maximum Gasteiger partial charge on any atom is 0.218 e. The lowest BCUT2D eigenvalue weighted by atomic mass is 10.2. The van der Waals surface area contributed by atoms with Crippen molar-refractivity contribution < 1.29 is 14.2 Å². The second kappa shape index (κ2) is 6.63. The summed E-state index contributed by atoms with van der Waals surface area (Å²) in [5, 5.41) is 20.6. The number of hydrogen-bond acceptors (Lipinski definition) is 4. The molecule has 0 radical (unpaired) electrons. The number of H-pyrrole nitrogens is 1. The zero-order chi connectivity index (χ0) is 17.1. The first-order chi connectivity index (χ1) is 11.6. The first-order valence-electron chi connectivity index (χ1n) is 6.94. The molecule has 2 aromatic carbocycles. The summed E-state index contributed by atoms with van der Waals surface area (Å²) in [4.78, 5) is 2.64. The largest absolute Gasteiger partial charge is 0.497 e. The molecule has 0 atom stereocenters. The molecule has 0 bridgehead atoms. The number of halogens is 1. The van der Waals surface area contributed by atoms with Crippen LogP contribution in [0.4, 0.5) is 15.8 Å². The highest BCUT2D eigenvalue weighted by atomic mass is 32.1. The number of hydrogen-bond donors (Lipinski definition) is 3. The van der Waals surface area contributed by atoms with Crippen LogP contribution in [0.2, 0.25) is 0 Å². The van der Waals surface area contributed by atoms with Crippen molar-refractivity contribution in [3.05, 3.63) is 48.3 Å². The van der Waals surface area contributed by atoms with Gasteiger partial charge in [0.1, 0.15) is 11.6 Å². The minimum absolute atomic E-state index is 0.00183. The summed E-state index contributed by atoms with van der Waals surface area (Å²) in [5.41, 5.74) is 1.13. The molecule has 0 aliphatic heterocycles. The number of methoxy groups -OCH3 is 1. The van der Waals surface area contributed by atoms with Gasteiger partial charge in [-0.05, 0) is 48.6 Å². The molecule has 8 heteroatoms. The van der Waals surface area contributed by atoms with Crippen LogP contribution < -0.4 is 10.1 Å². The summed E-state index contributed by atoms with van der Waals surface area (Å²) in [5.74, 6) is -0.0644. The number of benzene rings is 2. The first kappa shape index (κ1) is 15.9. The van der Waals surface area contributed by atoms with Gasteiger partial charge in [-0.3, -0.25) is 0 Å². The molecule has 122 valence electrons. The topological polar surface area (TPSA) is 82.0 Å². The third-order valence-corrected chi connectivity index (χ3v) is 3.49. The summed E-state index contributed by atoms with van der Waals surface area (Å²) in [6, 6.07) is 11.5. The molecule has 3 aromatic rings. The molecule has 0 fully saturated rings. The Labute approximate surface area is 142 Å². The van der Waals surface area contributed by atoms with Gasteiger partial charge in [0.05, 0.1) is 18.0 Å². The van der Waals surface area contributed by atoms with Crippen LogP contribution in [0.25, 0.3) is 10.9 Å². The van der Waals surface area contributed by atoms with Crippen molar-refractivity contribution in [1.29, 1.82) is 0 Å². The average molecular weight is 344 g/mol. The van der Waals surface area contributed by atoms with Crippen LogP contribution in [0.1, 0.15) is 0 Å². The van der Waals surface area contributed by atoms with Crippen molar-refractivity contribution in [3.8, 4) is 11.6 Å². The van der Waals surface area contributed by atoms with Gasteiger partial charge >= 0.3 is 0 Å². The van der Waals surface area contributed by atoms with E-state index in [2.05, 4.69) is 20.5 Å². The Morgan fingerprint density at radius 1 is 1.25 bits per heavy atom. The molecule has 0 amide bonds. The number of nitrogens with zero attached hydrogens (tertiary/aromatic N) is 2. The Balaban J connectivity index is 1.80. The maximum atomic E-state index is 13.9. The summed E-state index contributed by atoms with van der Waals surface area (Å²) in [6.45, 7) is 0. The average Bonchev–Trinajstić information content (AvgIpc) is 2.90. The van der Waals surface area contributed by atoms with Gasteiger partial charge in [-0.25, -0.2) is 4.39 Å². The van der Waals surface area contributed by atoms with E-state index in [9.17, 15) is 9.50 Å². The molecule has 0 spiro atoms. The first-order valence-corrected chi connectivity index (χ1v) is 7.35. The van der Waals surface area contributed by atoms with E-state index < -0.39 is 5.82 Å². The van der Waals surface area contributed by atoms with Crippen LogP contribution in [-0.4, -0.2) is 22.3 Å². The predicted octanol–water partition coefficient (Wildman–Crippen LogP) is 4.50. The number of aromatic hydroxyl groups is 1. The molecule has 0 saturated carbocycles. The van der Waals surface area contributed by atoms with Crippen LogP contribution in [0.3, 0.4) is 0 Å². The predicted molar refractivity (Wildman–Crippen MR) is 93.7 cm³/mol. The quantitative estimate of drug-likeness (QED) is 0.482. The fraction of sp³-hybridized carbons (Fsp3) is 0.0625. The van der Waals surface area contributed by atoms with E-state index in [4.69, 9.17) is 17.0 Å². The van der Waals surface area contributed by atoms with Crippen molar-refractivity contribution >= 4 is 39.6 Å². The number of aromatic amines is 1. The van der Waals surface area contributed by atoms with Crippen molar-refractivity contribution in [1.82, 2.24) is 4.98 Å². The van der Waals surface area contributed by atoms with E-state index in [1.165, 1.54) is 12.1 Å². The van der Waals surface area contributed by atoms with Crippen LogP contribution in [0, 0.1) is 5.82 Å². The number of rotatable bonds is 3. The van der Waals surface area contributed by atoms with Crippen LogP contribution in [0.5, 0.6) is 11.6 Å². The lowest BCUT2D eigenvalue weighted by Crippen LogP contribution is -2.04. The zero-order valence-electron chi connectivity index (χ0n) is 12.6. The Bertz CT molecular complexity index is 922. The van der Waals surface area contributed by atoms with Gasteiger partial charge in [0, 0.05) is 5.69 Å². The standard InChI is InChI=1S/C16H13FN4O2S/c1-23-10-7-5-9(6-8-10)18-16(24)21-20-14-13-11(17)3-2-4-12(13)19-15(14)22/h2-8,19,22H,1H3,(H,18,24). The summed E-state index contributed by atoms with van der Waals surface area (Å²) in [6.07, 6.45) is 0. The second-order valence-corrected chi connectivity index (χ2v) is 5.23. The third-order valence-electron chi connectivity index (χ3n) is 3.31. The second-order valence-electron chi connectivity index (χ2n) is 4.84. The highest BCUT2D eigenvalue weighted by molar-refractivity contribution is 7.80. The van der Waals surface area contributed by atoms with Gasteiger partial charge in [0.15, 0.2) is 5.69 Å². The van der Waals surface area contributed by atoms with E-state index in [0.29, 0.717) is 17.0 Å². The number of thiocarbonyl (C=S) groups is 1. The van der Waals surface area contributed by atoms with E-state index in [1.807, 2.05) is 0 Å². The summed E-state index contributed by atoms with van der Waals surface area (Å²) < 4.78 is 19.0. The minimum atomic E-state index is -0.507. The molecule has 1 heterocycles. The Morgan fingerprint density at radius 3 is 2.71 bits per heavy atom. The third kappa shape index (κ3) is 3.18. The number of nitrogens with one attached hydrogen (secondary N) is 2. The molecule has 0 aliphatic carbocycles. The van der Waals surface area contributed by atoms with Crippen LogP contribution >= 0.6 is 12.2 Å². The smallest absolute Gasteiger partial charge is 0.218 e.